The Morgan fingerprint density at radius 2 is 1.86 bits per heavy atom. The zero-order chi connectivity index (χ0) is 10.7. The molecule has 0 bridgehead atoms. The highest BCUT2D eigenvalue weighted by Crippen LogP contribution is 2.06. The van der Waals surface area contributed by atoms with Crippen LogP contribution >= 0.6 is 0 Å². The average Bonchev–Trinajstić information content (AvgIpc) is 2.16. The zero-order valence-corrected chi connectivity index (χ0v) is 9.55. The Hall–Kier alpha value is -0.420. The van der Waals surface area contributed by atoms with Crippen LogP contribution in [0.1, 0.15) is 13.8 Å². The van der Waals surface area contributed by atoms with Crippen LogP contribution in [-0.2, 0) is 15.6 Å². The highest BCUT2D eigenvalue weighted by atomic mass is 32.2. The van der Waals surface area contributed by atoms with Gasteiger partial charge >= 0.3 is 0 Å². The van der Waals surface area contributed by atoms with Crippen LogP contribution in [0.2, 0.25) is 0 Å². The fourth-order valence-electron chi connectivity index (χ4n) is 1.35. The standard InChI is InChI=1S/C9H18N2O2S/c1-7(2)8(10)9(12)11-3-5-14(13)6-4-11/h7-8H,3-6,10H2,1-2H3. The van der Waals surface area contributed by atoms with Crippen molar-refractivity contribution >= 4 is 16.7 Å². The van der Waals surface area contributed by atoms with E-state index in [4.69, 9.17) is 5.73 Å². The lowest BCUT2D eigenvalue weighted by molar-refractivity contribution is -0.133. The van der Waals surface area contributed by atoms with E-state index in [1.165, 1.54) is 0 Å². The number of hydrogen-bond acceptors (Lipinski definition) is 3. The predicted molar refractivity (Wildman–Crippen MR) is 57.3 cm³/mol. The lowest BCUT2D eigenvalue weighted by atomic mass is 10.0. The summed E-state index contributed by atoms with van der Waals surface area (Å²) >= 11 is 0. The summed E-state index contributed by atoms with van der Waals surface area (Å²) in [7, 11) is -0.736. The van der Waals surface area contributed by atoms with Crippen molar-refractivity contribution in [2.75, 3.05) is 24.6 Å². The van der Waals surface area contributed by atoms with Gasteiger partial charge in [0.25, 0.3) is 0 Å². The third kappa shape index (κ3) is 2.78. The van der Waals surface area contributed by atoms with Crippen LogP contribution in [0.5, 0.6) is 0 Å². The molecule has 1 atom stereocenters. The van der Waals surface area contributed by atoms with E-state index in [0.29, 0.717) is 24.6 Å². The summed E-state index contributed by atoms with van der Waals surface area (Å²) in [6.07, 6.45) is 0. The normalized spacial score (nSPS) is 21.3. The first-order chi connectivity index (χ1) is 6.52. The maximum Gasteiger partial charge on any atom is 0.239 e. The molecule has 1 heterocycles. The molecule has 1 amide bonds. The molecule has 1 aliphatic heterocycles. The van der Waals surface area contributed by atoms with Crippen LogP contribution < -0.4 is 5.73 Å². The number of carbonyl (C=O) groups excluding carboxylic acids is 1. The van der Waals surface area contributed by atoms with Crippen molar-refractivity contribution < 1.29 is 9.00 Å². The molecule has 0 aromatic carbocycles. The van der Waals surface area contributed by atoms with Gasteiger partial charge in [-0.1, -0.05) is 13.8 Å². The lowest BCUT2D eigenvalue weighted by Gasteiger charge is -2.29. The molecular formula is C9H18N2O2S. The Balaban J connectivity index is 2.49. The first-order valence-electron chi connectivity index (χ1n) is 4.91. The molecule has 1 saturated heterocycles. The smallest absolute Gasteiger partial charge is 0.239 e. The largest absolute Gasteiger partial charge is 0.339 e. The van der Waals surface area contributed by atoms with Gasteiger partial charge in [-0.15, -0.1) is 0 Å². The van der Waals surface area contributed by atoms with E-state index in [1.807, 2.05) is 13.8 Å². The Morgan fingerprint density at radius 3 is 2.29 bits per heavy atom. The van der Waals surface area contributed by atoms with Gasteiger partial charge in [-0.05, 0) is 5.92 Å². The van der Waals surface area contributed by atoms with E-state index in [2.05, 4.69) is 0 Å². The number of nitrogens with two attached hydrogens (primary N) is 1. The molecule has 4 nitrogen and oxygen atoms in total. The number of carbonyl (C=O) groups is 1. The number of rotatable bonds is 2. The van der Waals surface area contributed by atoms with Gasteiger partial charge in [0.2, 0.25) is 5.91 Å². The van der Waals surface area contributed by atoms with Crippen LogP contribution in [0.15, 0.2) is 0 Å². The maximum atomic E-state index is 11.7. The number of amides is 1. The van der Waals surface area contributed by atoms with Crippen molar-refractivity contribution in [2.24, 2.45) is 11.7 Å². The molecule has 1 fully saturated rings. The number of hydrogen-bond donors (Lipinski definition) is 1. The molecule has 0 radical (unpaired) electrons. The third-order valence-electron chi connectivity index (χ3n) is 2.49. The van der Waals surface area contributed by atoms with Gasteiger partial charge in [0.1, 0.15) is 0 Å². The van der Waals surface area contributed by atoms with Crippen molar-refractivity contribution in [3.8, 4) is 0 Å². The molecule has 1 unspecified atom stereocenters. The molecule has 0 aliphatic carbocycles. The molecule has 0 saturated carbocycles. The second-order valence-electron chi connectivity index (χ2n) is 3.94. The van der Waals surface area contributed by atoms with E-state index in [9.17, 15) is 9.00 Å². The van der Waals surface area contributed by atoms with Crippen LogP contribution in [0.3, 0.4) is 0 Å². The van der Waals surface area contributed by atoms with Gasteiger partial charge in [0.15, 0.2) is 0 Å². The first-order valence-corrected chi connectivity index (χ1v) is 6.40. The minimum absolute atomic E-state index is 0.00306. The van der Waals surface area contributed by atoms with Crippen molar-refractivity contribution in [1.82, 2.24) is 4.90 Å². The van der Waals surface area contributed by atoms with Crippen molar-refractivity contribution in [1.29, 1.82) is 0 Å². The quantitative estimate of drug-likeness (QED) is 0.683. The van der Waals surface area contributed by atoms with Crippen molar-refractivity contribution in [3.63, 3.8) is 0 Å². The predicted octanol–water partition coefficient (Wildman–Crippen LogP) is -0.439. The minimum atomic E-state index is -0.736. The van der Waals surface area contributed by atoms with E-state index in [-0.39, 0.29) is 11.8 Å². The third-order valence-corrected chi connectivity index (χ3v) is 3.77. The topological polar surface area (TPSA) is 63.4 Å². The molecule has 0 aromatic heterocycles. The highest BCUT2D eigenvalue weighted by molar-refractivity contribution is 7.85. The van der Waals surface area contributed by atoms with Crippen LogP contribution in [-0.4, -0.2) is 45.7 Å². The van der Waals surface area contributed by atoms with Crippen LogP contribution in [0.4, 0.5) is 0 Å². The zero-order valence-electron chi connectivity index (χ0n) is 8.73. The molecular weight excluding hydrogens is 200 g/mol. The number of nitrogens with zero attached hydrogens (tertiary/aromatic N) is 1. The Labute approximate surface area is 87.3 Å². The molecule has 1 aliphatic rings. The summed E-state index contributed by atoms with van der Waals surface area (Å²) in [5, 5.41) is 0. The summed E-state index contributed by atoms with van der Waals surface area (Å²) in [4.78, 5) is 13.5. The second-order valence-corrected chi connectivity index (χ2v) is 5.64. The second kappa shape index (κ2) is 4.89. The fourth-order valence-corrected chi connectivity index (χ4v) is 2.41. The van der Waals surface area contributed by atoms with Crippen molar-refractivity contribution in [3.05, 3.63) is 0 Å². The fraction of sp³-hybridized carbons (Fsp3) is 0.889. The van der Waals surface area contributed by atoms with Gasteiger partial charge in [-0.2, -0.15) is 0 Å². The summed E-state index contributed by atoms with van der Waals surface area (Å²) in [5.41, 5.74) is 5.76. The van der Waals surface area contributed by atoms with Crippen LogP contribution in [0.25, 0.3) is 0 Å². The Kier molecular flexibility index (Phi) is 4.07. The van der Waals surface area contributed by atoms with Gasteiger partial charge < -0.3 is 10.6 Å². The van der Waals surface area contributed by atoms with Gasteiger partial charge in [0, 0.05) is 35.4 Å². The minimum Gasteiger partial charge on any atom is -0.339 e. The molecule has 2 N–H and O–H groups in total. The summed E-state index contributed by atoms with van der Waals surface area (Å²) < 4.78 is 11.1. The van der Waals surface area contributed by atoms with E-state index < -0.39 is 16.8 Å². The lowest BCUT2D eigenvalue weighted by Crippen LogP contribution is -2.50. The molecule has 0 spiro atoms. The first kappa shape index (κ1) is 11.7. The molecule has 1 rings (SSSR count). The van der Waals surface area contributed by atoms with Gasteiger partial charge in [0.05, 0.1) is 6.04 Å². The summed E-state index contributed by atoms with van der Waals surface area (Å²) in [6, 6.07) is -0.415. The van der Waals surface area contributed by atoms with Gasteiger partial charge in [-0.25, -0.2) is 0 Å². The molecule has 82 valence electrons. The van der Waals surface area contributed by atoms with Crippen molar-refractivity contribution in [2.45, 2.75) is 19.9 Å². The average molecular weight is 218 g/mol. The highest BCUT2D eigenvalue weighted by Gasteiger charge is 2.26. The SMILES string of the molecule is CC(C)C(N)C(=O)N1CCS(=O)CC1. The maximum absolute atomic E-state index is 11.7. The van der Waals surface area contributed by atoms with Crippen LogP contribution in [0, 0.1) is 5.92 Å². The van der Waals surface area contributed by atoms with E-state index in [1.54, 1.807) is 4.90 Å². The van der Waals surface area contributed by atoms with E-state index in [0.717, 1.165) is 0 Å². The molecule has 0 aromatic rings. The van der Waals surface area contributed by atoms with E-state index >= 15 is 0 Å². The summed E-state index contributed by atoms with van der Waals surface area (Å²) in [5.74, 6) is 1.35. The Bertz CT molecular complexity index is 233. The Morgan fingerprint density at radius 1 is 1.36 bits per heavy atom. The summed E-state index contributed by atoms with van der Waals surface area (Å²) in [6.45, 7) is 5.05. The molecule has 14 heavy (non-hydrogen) atoms. The molecule has 5 heteroatoms. The van der Waals surface area contributed by atoms with Gasteiger partial charge in [-0.3, -0.25) is 9.00 Å². The monoisotopic (exact) mass is 218 g/mol.